The standard InChI is InChI=1S/C22H15N5O5/c28-22(15-6-9-20-21(10-15)32-13-31-20)23-16-7-4-14(5-8-16)19-12-26(25-24-19)17-2-1-3-18(11-17)27(29)30/h1-12H,13H2,(H,23,28). The normalized spacial score (nSPS) is 11.9. The summed E-state index contributed by atoms with van der Waals surface area (Å²) >= 11 is 0. The van der Waals surface area contributed by atoms with E-state index in [-0.39, 0.29) is 18.4 Å². The maximum Gasteiger partial charge on any atom is 0.271 e. The highest BCUT2D eigenvalue weighted by Gasteiger charge is 2.16. The number of nitro benzene ring substituents is 1. The first-order chi connectivity index (χ1) is 15.6. The van der Waals surface area contributed by atoms with Crippen molar-refractivity contribution >= 4 is 17.3 Å². The minimum absolute atomic E-state index is 0.0258. The summed E-state index contributed by atoms with van der Waals surface area (Å²) in [6.07, 6.45) is 1.68. The lowest BCUT2D eigenvalue weighted by atomic mass is 10.1. The van der Waals surface area contributed by atoms with Crippen molar-refractivity contribution in [3.8, 4) is 28.4 Å². The Balaban J connectivity index is 1.30. The number of carbonyl (C=O) groups excluding carboxylic acids is 1. The molecular formula is C22H15N5O5. The van der Waals surface area contributed by atoms with E-state index in [1.807, 2.05) is 0 Å². The van der Waals surface area contributed by atoms with Crippen molar-refractivity contribution in [2.45, 2.75) is 0 Å². The van der Waals surface area contributed by atoms with E-state index in [0.29, 0.717) is 34.1 Å². The van der Waals surface area contributed by atoms with E-state index in [4.69, 9.17) is 9.47 Å². The molecule has 1 aliphatic heterocycles. The quantitative estimate of drug-likeness (QED) is 0.378. The van der Waals surface area contributed by atoms with Crippen LogP contribution in [0.3, 0.4) is 0 Å². The zero-order chi connectivity index (χ0) is 22.1. The van der Waals surface area contributed by atoms with Gasteiger partial charge in [0.2, 0.25) is 6.79 Å². The fraction of sp³-hybridized carbons (Fsp3) is 0.0455. The number of aromatic nitrogens is 3. The third-order valence-electron chi connectivity index (χ3n) is 4.87. The fourth-order valence-electron chi connectivity index (χ4n) is 3.24. The van der Waals surface area contributed by atoms with Crippen LogP contribution in [-0.4, -0.2) is 32.6 Å². The number of nitrogens with zero attached hydrogens (tertiary/aromatic N) is 4. The van der Waals surface area contributed by atoms with Gasteiger partial charge in [-0.15, -0.1) is 5.10 Å². The molecule has 0 fully saturated rings. The maximum absolute atomic E-state index is 12.5. The van der Waals surface area contributed by atoms with Gasteiger partial charge in [0, 0.05) is 28.9 Å². The van der Waals surface area contributed by atoms with E-state index in [0.717, 1.165) is 5.56 Å². The van der Waals surface area contributed by atoms with Crippen LogP contribution in [-0.2, 0) is 0 Å². The summed E-state index contributed by atoms with van der Waals surface area (Å²) < 4.78 is 12.0. The molecule has 158 valence electrons. The van der Waals surface area contributed by atoms with E-state index in [9.17, 15) is 14.9 Å². The second-order valence-corrected chi connectivity index (χ2v) is 6.92. The van der Waals surface area contributed by atoms with Gasteiger partial charge in [-0.1, -0.05) is 23.4 Å². The first-order valence-electron chi connectivity index (χ1n) is 9.55. The molecule has 0 saturated heterocycles. The van der Waals surface area contributed by atoms with Gasteiger partial charge >= 0.3 is 0 Å². The number of hydrogen-bond donors (Lipinski definition) is 1. The van der Waals surface area contributed by atoms with Crippen molar-refractivity contribution in [1.29, 1.82) is 0 Å². The van der Waals surface area contributed by atoms with Crippen molar-refractivity contribution < 1.29 is 19.2 Å². The highest BCUT2D eigenvalue weighted by atomic mass is 16.7. The van der Waals surface area contributed by atoms with Gasteiger partial charge in [-0.3, -0.25) is 14.9 Å². The van der Waals surface area contributed by atoms with Crippen molar-refractivity contribution in [1.82, 2.24) is 15.0 Å². The molecule has 2 heterocycles. The van der Waals surface area contributed by atoms with Crippen molar-refractivity contribution in [2.75, 3.05) is 12.1 Å². The second-order valence-electron chi connectivity index (χ2n) is 6.92. The molecule has 3 aromatic carbocycles. The zero-order valence-corrected chi connectivity index (χ0v) is 16.5. The van der Waals surface area contributed by atoms with Crippen LogP contribution in [0.2, 0.25) is 0 Å². The second kappa shape index (κ2) is 7.84. The number of fused-ring (bicyclic) bond motifs is 1. The summed E-state index contributed by atoms with van der Waals surface area (Å²) in [5.74, 6) is 0.886. The van der Waals surface area contributed by atoms with Crippen LogP contribution >= 0.6 is 0 Å². The van der Waals surface area contributed by atoms with Crippen molar-refractivity contribution in [3.63, 3.8) is 0 Å². The highest BCUT2D eigenvalue weighted by molar-refractivity contribution is 6.04. The summed E-state index contributed by atoms with van der Waals surface area (Å²) in [7, 11) is 0. The SMILES string of the molecule is O=C(Nc1ccc(-c2cn(-c3cccc([N+](=O)[O-])c3)nn2)cc1)c1ccc2c(c1)OCO2. The molecule has 0 unspecified atom stereocenters. The third kappa shape index (κ3) is 3.72. The minimum Gasteiger partial charge on any atom is -0.454 e. The Morgan fingerprint density at radius 2 is 1.84 bits per heavy atom. The number of rotatable bonds is 5. The summed E-state index contributed by atoms with van der Waals surface area (Å²) in [5.41, 5.74) is 2.95. The molecule has 0 atom stereocenters. The number of amides is 1. The molecule has 0 radical (unpaired) electrons. The number of carbonyl (C=O) groups is 1. The van der Waals surface area contributed by atoms with E-state index in [1.54, 1.807) is 60.8 Å². The molecule has 1 aromatic heterocycles. The Hall–Kier alpha value is -4.73. The number of non-ortho nitro benzene ring substituents is 1. The molecule has 0 bridgehead atoms. The summed E-state index contributed by atoms with van der Waals surface area (Å²) in [5, 5.41) is 22.0. The first-order valence-corrected chi connectivity index (χ1v) is 9.55. The third-order valence-corrected chi connectivity index (χ3v) is 4.87. The molecule has 10 nitrogen and oxygen atoms in total. The molecule has 1 aliphatic rings. The molecule has 5 rings (SSSR count). The smallest absolute Gasteiger partial charge is 0.271 e. The molecule has 0 spiro atoms. The lowest BCUT2D eigenvalue weighted by molar-refractivity contribution is -0.384. The van der Waals surface area contributed by atoms with Gasteiger partial charge in [0.25, 0.3) is 11.6 Å². The molecule has 32 heavy (non-hydrogen) atoms. The largest absolute Gasteiger partial charge is 0.454 e. The van der Waals surface area contributed by atoms with Crippen LogP contribution in [0, 0.1) is 10.1 Å². The summed E-state index contributed by atoms with van der Waals surface area (Å²) in [6.45, 7) is 0.146. The molecular weight excluding hydrogens is 414 g/mol. The van der Waals surface area contributed by atoms with Crippen molar-refractivity contribution in [2.24, 2.45) is 0 Å². The predicted molar refractivity (Wildman–Crippen MR) is 114 cm³/mol. The van der Waals surface area contributed by atoms with Crippen LogP contribution < -0.4 is 14.8 Å². The molecule has 1 amide bonds. The molecule has 0 aliphatic carbocycles. The lowest BCUT2D eigenvalue weighted by Crippen LogP contribution is -2.11. The van der Waals surface area contributed by atoms with Gasteiger partial charge in [-0.25, -0.2) is 4.68 Å². The van der Waals surface area contributed by atoms with E-state index >= 15 is 0 Å². The van der Waals surface area contributed by atoms with Crippen LogP contribution in [0.1, 0.15) is 10.4 Å². The van der Waals surface area contributed by atoms with Crippen molar-refractivity contribution in [3.05, 3.63) is 88.6 Å². The van der Waals surface area contributed by atoms with Gasteiger partial charge in [0.1, 0.15) is 5.69 Å². The Morgan fingerprint density at radius 1 is 1.03 bits per heavy atom. The number of benzene rings is 3. The van der Waals surface area contributed by atoms with E-state index in [1.165, 1.54) is 16.8 Å². The van der Waals surface area contributed by atoms with Gasteiger partial charge in [0.05, 0.1) is 16.8 Å². The monoisotopic (exact) mass is 429 g/mol. The average molecular weight is 429 g/mol. The Kier molecular flexibility index (Phi) is 4.71. The van der Waals surface area contributed by atoms with Crippen LogP contribution in [0.15, 0.2) is 72.9 Å². The number of hydrogen-bond acceptors (Lipinski definition) is 7. The number of nitro groups is 1. The predicted octanol–water partition coefficient (Wildman–Crippen LogP) is 3.82. The van der Waals surface area contributed by atoms with Gasteiger partial charge in [-0.05, 0) is 36.4 Å². The number of anilines is 1. The zero-order valence-electron chi connectivity index (χ0n) is 16.5. The highest BCUT2D eigenvalue weighted by Crippen LogP contribution is 2.32. The van der Waals surface area contributed by atoms with Crippen LogP contribution in [0.4, 0.5) is 11.4 Å². The molecule has 1 N–H and O–H groups in total. The summed E-state index contributed by atoms with van der Waals surface area (Å²) in [6, 6.07) is 18.3. The maximum atomic E-state index is 12.5. The van der Waals surface area contributed by atoms with Gasteiger partial charge in [0.15, 0.2) is 11.5 Å². The number of nitrogens with one attached hydrogen (secondary N) is 1. The molecule has 10 heteroatoms. The number of ether oxygens (including phenoxy) is 2. The first kappa shape index (κ1) is 19.2. The lowest BCUT2D eigenvalue weighted by Gasteiger charge is -2.06. The fourth-order valence-corrected chi connectivity index (χ4v) is 3.24. The topological polar surface area (TPSA) is 121 Å². The average Bonchev–Trinajstić information content (AvgIpc) is 3.49. The Morgan fingerprint density at radius 3 is 2.66 bits per heavy atom. The molecule has 4 aromatic rings. The Bertz CT molecular complexity index is 1330. The van der Waals surface area contributed by atoms with Crippen LogP contribution in [0.5, 0.6) is 11.5 Å². The van der Waals surface area contributed by atoms with Crippen LogP contribution in [0.25, 0.3) is 16.9 Å². The van der Waals surface area contributed by atoms with E-state index < -0.39 is 4.92 Å². The van der Waals surface area contributed by atoms with Gasteiger partial charge in [-0.2, -0.15) is 0 Å². The molecule has 0 saturated carbocycles. The Labute approximate surface area is 181 Å². The minimum atomic E-state index is -0.460. The summed E-state index contributed by atoms with van der Waals surface area (Å²) in [4.78, 5) is 23.0. The van der Waals surface area contributed by atoms with E-state index in [2.05, 4.69) is 15.6 Å². The van der Waals surface area contributed by atoms with Gasteiger partial charge < -0.3 is 14.8 Å².